The molecule has 32 heavy (non-hydrogen) atoms. The molecule has 1 saturated carbocycles. The Kier molecular flexibility index (Phi) is 6.67. The zero-order valence-corrected chi connectivity index (χ0v) is 18.3. The van der Waals surface area contributed by atoms with Crippen LogP contribution in [0.25, 0.3) is 22.2 Å². The van der Waals surface area contributed by atoms with Crippen molar-refractivity contribution in [1.29, 1.82) is 5.26 Å². The van der Waals surface area contributed by atoms with Crippen LogP contribution in [0, 0.1) is 11.3 Å². The highest BCUT2D eigenvalue weighted by Gasteiger charge is 2.38. The molecule has 6 heteroatoms. The largest absolute Gasteiger partial charge is 0.508 e. The van der Waals surface area contributed by atoms with Crippen molar-refractivity contribution in [2.75, 3.05) is 13.2 Å². The van der Waals surface area contributed by atoms with Crippen LogP contribution in [0.1, 0.15) is 43.7 Å². The van der Waals surface area contributed by atoms with Crippen LogP contribution >= 0.6 is 0 Å². The molecule has 0 saturated heterocycles. The Hall–Kier alpha value is -3.43. The van der Waals surface area contributed by atoms with Gasteiger partial charge >= 0.3 is 6.16 Å². The Labute approximate surface area is 188 Å². The first-order valence-electron chi connectivity index (χ1n) is 11.1. The number of fused-ring (bicyclic) bond motifs is 1. The van der Waals surface area contributed by atoms with E-state index in [1.165, 1.54) is 0 Å². The van der Waals surface area contributed by atoms with Crippen molar-refractivity contribution in [1.82, 2.24) is 10.3 Å². The molecule has 1 aliphatic carbocycles. The summed E-state index contributed by atoms with van der Waals surface area (Å²) in [6.07, 6.45) is 3.24. The highest BCUT2D eigenvalue weighted by atomic mass is 16.7. The Morgan fingerprint density at radius 3 is 2.75 bits per heavy atom. The van der Waals surface area contributed by atoms with Gasteiger partial charge < -0.3 is 14.8 Å². The number of nitrogens with one attached hydrogen (secondary N) is 1. The first kappa shape index (κ1) is 21.8. The second-order valence-corrected chi connectivity index (χ2v) is 8.16. The summed E-state index contributed by atoms with van der Waals surface area (Å²) in [5.41, 5.74) is 3.79. The summed E-state index contributed by atoms with van der Waals surface area (Å²) in [5, 5.41) is 13.9. The predicted molar refractivity (Wildman–Crippen MR) is 123 cm³/mol. The monoisotopic (exact) mass is 429 g/mol. The van der Waals surface area contributed by atoms with Gasteiger partial charge in [-0.1, -0.05) is 30.3 Å². The molecule has 0 amide bonds. The summed E-state index contributed by atoms with van der Waals surface area (Å²) in [5.74, 6) is 0. The molecule has 1 aliphatic rings. The van der Waals surface area contributed by atoms with Crippen LogP contribution in [0.5, 0.6) is 0 Å². The normalized spacial score (nSPS) is 14.8. The molecule has 0 bridgehead atoms. The molecule has 0 atom stereocenters. The third kappa shape index (κ3) is 4.90. The van der Waals surface area contributed by atoms with Crippen LogP contribution in [-0.2, 0) is 16.0 Å². The van der Waals surface area contributed by atoms with E-state index in [2.05, 4.69) is 23.5 Å². The van der Waals surface area contributed by atoms with Gasteiger partial charge in [0.05, 0.1) is 29.5 Å². The molecule has 0 spiro atoms. The Balaban J connectivity index is 1.44. The fraction of sp³-hybridized carbons (Fsp3) is 0.346. The van der Waals surface area contributed by atoms with Gasteiger partial charge in [0.1, 0.15) is 5.60 Å². The molecule has 1 heterocycles. The number of nitrogens with zero attached hydrogens (tertiary/aromatic N) is 2. The van der Waals surface area contributed by atoms with Gasteiger partial charge in [-0.05, 0) is 62.4 Å². The van der Waals surface area contributed by atoms with Gasteiger partial charge in [0, 0.05) is 24.0 Å². The van der Waals surface area contributed by atoms with E-state index in [1.807, 2.05) is 36.4 Å². The molecule has 1 N–H and O–H groups in total. The van der Waals surface area contributed by atoms with E-state index in [0.717, 1.165) is 53.4 Å². The first-order chi connectivity index (χ1) is 15.6. The minimum Gasteiger partial charge on any atom is -0.435 e. The topological polar surface area (TPSA) is 84.2 Å². The standard InChI is InChI=1S/C26H27N3O3/c1-2-31-25(30)32-26(13-5-6-14-26)18-28-17-19-9-11-23-20(15-19)10-12-24(29-23)22-8-4-3-7-21(22)16-27/h3-4,7-12,15,28H,2,5-6,13-14,17-18H2,1H3. The number of aromatic nitrogens is 1. The number of hydrogen-bond donors (Lipinski definition) is 1. The average Bonchev–Trinajstić information content (AvgIpc) is 3.27. The summed E-state index contributed by atoms with van der Waals surface area (Å²) in [7, 11) is 0. The molecular formula is C26H27N3O3. The maximum absolute atomic E-state index is 11.9. The maximum Gasteiger partial charge on any atom is 0.508 e. The van der Waals surface area contributed by atoms with E-state index in [9.17, 15) is 10.1 Å². The number of pyridine rings is 1. The molecule has 1 fully saturated rings. The highest BCUT2D eigenvalue weighted by Crippen LogP contribution is 2.33. The molecule has 0 radical (unpaired) electrons. The van der Waals surface area contributed by atoms with Crippen LogP contribution in [0.15, 0.2) is 54.6 Å². The van der Waals surface area contributed by atoms with Gasteiger partial charge in [0.2, 0.25) is 0 Å². The van der Waals surface area contributed by atoms with E-state index in [4.69, 9.17) is 14.5 Å². The quantitative estimate of drug-likeness (QED) is 0.510. The molecule has 0 aliphatic heterocycles. The van der Waals surface area contributed by atoms with Gasteiger partial charge in [0.15, 0.2) is 0 Å². The molecule has 4 rings (SSSR count). The zero-order valence-electron chi connectivity index (χ0n) is 18.3. The first-order valence-corrected chi connectivity index (χ1v) is 11.1. The second kappa shape index (κ2) is 9.80. The number of carbonyl (C=O) groups excluding carboxylic acids is 1. The van der Waals surface area contributed by atoms with Crippen LogP contribution in [0.4, 0.5) is 4.79 Å². The minimum atomic E-state index is -0.582. The van der Waals surface area contributed by atoms with E-state index in [1.54, 1.807) is 13.0 Å². The lowest BCUT2D eigenvalue weighted by Crippen LogP contribution is -2.42. The fourth-order valence-corrected chi connectivity index (χ4v) is 4.33. The summed E-state index contributed by atoms with van der Waals surface area (Å²) in [6, 6.07) is 19.9. The molecule has 6 nitrogen and oxygen atoms in total. The van der Waals surface area contributed by atoms with E-state index in [-0.39, 0.29) is 0 Å². The number of hydrogen-bond acceptors (Lipinski definition) is 6. The van der Waals surface area contributed by atoms with E-state index < -0.39 is 11.8 Å². The predicted octanol–water partition coefficient (Wildman–Crippen LogP) is 5.35. The molecule has 2 aromatic carbocycles. The fourth-order valence-electron chi connectivity index (χ4n) is 4.33. The number of nitriles is 1. The number of benzene rings is 2. The summed E-state index contributed by atoms with van der Waals surface area (Å²) < 4.78 is 10.6. The van der Waals surface area contributed by atoms with E-state index >= 15 is 0 Å². The van der Waals surface area contributed by atoms with E-state index in [0.29, 0.717) is 25.3 Å². The van der Waals surface area contributed by atoms with Crippen molar-refractivity contribution in [3.63, 3.8) is 0 Å². The van der Waals surface area contributed by atoms with Crippen molar-refractivity contribution < 1.29 is 14.3 Å². The Morgan fingerprint density at radius 2 is 1.97 bits per heavy atom. The second-order valence-electron chi connectivity index (χ2n) is 8.16. The lowest BCUT2D eigenvalue weighted by Gasteiger charge is -2.28. The Bertz CT molecular complexity index is 1150. The molecule has 1 aromatic heterocycles. The Morgan fingerprint density at radius 1 is 1.16 bits per heavy atom. The van der Waals surface area contributed by atoms with Crippen LogP contribution in [0.2, 0.25) is 0 Å². The van der Waals surface area contributed by atoms with Gasteiger partial charge in [-0.25, -0.2) is 9.78 Å². The van der Waals surface area contributed by atoms with Crippen molar-refractivity contribution >= 4 is 17.1 Å². The number of rotatable bonds is 7. The summed E-state index contributed by atoms with van der Waals surface area (Å²) >= 11 is 0. The van der Waals surface area contributed by atoms with Crippen molar-refractivity contribution in [2.45, 2.75) is 44.8 Å². The third-order valence-corrected chi connectivity index (χ3v) is 5.93. The summed E-state index contributed by atoms with van der Waals surface area (Å²) in [4.78, 5) is 16.6. The van der Waals surface area contributed by atoms with Crippen molar-refractivity contribution in [3.05, 3.63) is 65.7 Å². The van der Waals surface area contributed by atoms with Gasteiger partial charge in [-0.2, -0.15) is 5.26 Å². The third-order valence-electron chi connectivity index (χ3n) is 5.93. The van der Waals surface area contributed by atoms with Gasteiger partial charge in [0.25, 0.3) is 0 Å². The SMILES string of the molecule is CCOC(=O)OC1(CNCc2ccc3nc(-c4ccccc4C#N)ccc3c2)CCCC1. The lowest BCUT2D eigenvalue weighted by atomic mass is 10.0. The minimum absolute atomic E-state index is 0.317. The van der Waals surface area contributed by atoms with Crippen molar-refractivity contribution in [2.24, 2.45) is 0 Å². The molecule has 0 unspecified atom stereocenters. The maximum atomic E-state index is 11.9. The van der Waals surface area contributed by atoms with Crippen molar-refractivity contribution in [3.8, 4) is 17.3 Å². The highest BCUT2D eigenvalue weighted by molar-refractivity contribution is 5.83. The molecular weight excluding hydrogens is 402 g/mol. The number of ether oxygens (including phenoxy) is 2. The summed E-state index contributed by atoms with van der Waals surface area (Å²) in [6.45, 7) is 3.37. The molecule has 164 valence electrons. The van der Waals surface area contributed by atoms with Gasteiger partial charge in [-0.3, -0.25) is 0 Å². The molecule has 3 aromatic rings. The van der Waals surface area contributed by atoms with Crippen LogP contribution < -0.4 is 5.32 Å². The smallest absolute Gasteiger partial charge is 0.435 e. The van der Waals surface area contributed by atoms with Gasteiger partial charge in [-0.15, -0.1) is 0 Å². The number of carbonyl (C=O) groups is 1. The zero-order chi connectivity index (χ0) is 22.4. The van der Waals surface area contributed by atoms with Crippen LogP contribution in [0.3, 0.4) is 0 Å². The lowest BCUT2D eigenvalue weighted by molar-refractivity contribution is -0.0299. The van der Waals surface area contributed by atoms with Crippen LogP contribution in [-0.4, -0.2) is 29.9 Å². The average molecular weight is 430 g/mol.